The molecule has 0 unspecified atom stereocenters. The minimum absolute atomic E-state index is 0.0466. The van der Waals surface area contributed by atoms with E-state index in [2.05, 4.69) is 32.9 Å². The van der Waals surface area contributed by atoms with Gasteiger partial charge in [-0.3, -0.25) is 4.79 Å². The van der Waals surface area contributed by atoms with Crippen molar-refractivity contribution in [2.45, 2.75) is 11.8 Å². The van der Waals surface area contributed by atoms with E-state index in [0.717, 1.165) is 14.8 Å². The highest BCUT2D eigenvalue weighted by atomic mass is 127. The lowest BCUT2D eigenvalue weighted by atomic mass is 10.2. The van der Waals surface area contributed by atoms with Crippen LogP contribution in [0.3, 0.4) is 0 Å². The van der Waals surface area contributed by atoms with Gasteiger partial charge in [0, 0.05) is 3.57 Å². The first-order valence-electron chi connectivity index (χ1n) is 9.98. The zero-order chi connectivity index (χ0) is 24.3. The number of hydrogen-bond acceptors (Lipinski definition) is 7. The van der Waals surface area contributed by atoms with Crippen molar-refractivity contribution in [3.63, 3.8) is 0 Å². The van der Waals surface area contributed by atoms with E-state index in [4.69, 9.17) is 8.92 Å². The summed E-state index contributed by atoms with van der Waals surface area (Å²) in [5, 5.41) is 3.23. The molecule has 3 aromatic rings. The number of carbonyl (C=O) groups is 1. The molecule has 1 amide bonds. The van der Waals surface area contributed by atoms with Gasteiger partial charge in [0.2, 0.25) is 0 Å². The van der Waals surface area contributed by atoms with Gasteiger partial charge in [0.15, 0.2) is 16.7 Å². The highest BCUT2D eigenvalue weighted by molar-refractivity contribution is 14.1. The zero-order valence-corrected chi connectivity index (χ0v) is 21.9. The summed E-state index contributed by atoms with van der Waals surface area (Å²) in [4.78, 5) is 17.4. The number of aryl methyl sites for hydroxylation is 1. The summed E-state index contributed by atoms with van der Waals surface area (Å²) in [6.45, 7) is 1.87. The Kier molecular flexibility index (Phi) is 7.29. The summed E-state index contributed by atoms with van der Waals surface area (Å²) < 4.78 is 37.0. The van der Waals surface area contributed by atoms with E-state index in [1.54, 1.807) is 30.3 Å². The Morgan fingerprint density at radius 2 is 1.79 bits per heavy atom. The summed E-state index contributed by atoms with van der Waals surface area (Å²) in [6, 6.07) is 18.8. The Morgan fingerprint density at radius 1 is 1.03 bits per heavy atom. The van der Waals surface area contributed by atoms with E-state index < -0.39 is 10.1 Å². The van der Waals surface area contributed by atoms with Crippen molar-refractivity contribution in [1.29, 1.82) is 0 Å². The number of nitrogens with one attached hydrogen (secondary N) is 1. The average Bonchev–Trinajstić information content (AvgIpc) is 3.13. The van der Waals surface area contributed by atoms with E-state index in [1.165, 1.54) is 37.1 Å². The second-order valence-electron chi connectivity index (χ2n) is 7.22. The molecule has 1 aliphatic heterocycles. The van der Waals surface area contributed by atoms with E-state index in [-0.39, 0.29) is 22.3 Å². The first-order chi connectivity index (χ1) is 16.2. The fourth-order valence-corrected chi connectivity index (χ4v) is 5.32. The molecule has 0 saturated carbocycles. The smallest absolute Gasteiger partial charge is 0.339 e. The third-order valence-electron chi connectivity index (χ3n) is 4.68. The van der Waals surface area contributed by atoms with Gasteiger partial charge in [0.25, 0.3) is 5.91 Å². The van der Waals surface area contributed by atoms with Crippen LogP contribution in [-0.4, -0.2) is 26.6 Å². The van der Waals surface area contributed by atoms with E-state index in [9.17, 15) is 13.2 Å². The second kappa shape index (κ2) is 10.2. The van der Waals surface area contributed by atoms with Gasteiger partial charge in [-0.1, -0.05) is 29.8 Å². The Balaban J connectivity index is 1.55. The number of ether oxygens (including phenoxy) is 1. The van der Waals surface area contributed by atoms with E-state index in [0.29, 0.717) is 15.6 Å². The molecule has 10 heteroatoms. The predicted octanol–water partition coefficient (Wildman–Crippen LogP) is 5.27. The van der Waals surface area contributed by atoms with Crippen molar-refractivity contribution >= 4 is 67.3 Å². The summed E-state index contributed by atoms with van der Waals surface area (Å²) in [6.07, 6.45) is 1.68. The van der Waals surface area contributed by atoms with Gasteiger partial charge in [-0.05, 0) is 95.4 Å². The van der Waals surface area contributed by atoms with Gasteiger partial charge in [0.05, 0.1) is 17.7 Å². The Hall–Kier alpha value is -2.83. The molecule has 3 aromatic carbocycles. The first kappa shape index (κ1) is 24.3. The topological polar surface area (TPSA) is 94.1 Å². The number of aliphatic imine (C=N–C) groups is 1. The number of rotatable bonds is 6. The fraction of sp³-hybridized carbons (Fsp3) is 0.0833. The maximum atomic E-state index is 12.6. The maximum Gasteiger partial charge on any atom is 0.339 e. The quantitative estimate of drug-likeness (QED) is 0.234. The molecule has 0 aromatic heterocycles. The Bertz CT molecular complexity index is 1420. The highest BCUT2D eigenvalue weighted by Gasteiger charge is 2.24. The van der Waals surface area contributed by atoms with E-state index >= 15 is 0 Å². The van der Waals surface area contributed by atoms with Crippen LogP contribution in [0.15, 0.2) is 81.5 Å². The third-order valence-corrected chi connectivity index (χ3v) is 7.51. The number of amidine groups is 1. The lowest BCUT2D eigenvalue weighted by Crippen LogP contribution is -2.19. The monoisotopic (exact) mass is 606 g/mol. The first-order valence-corrected chi connectivity index (χ1v) is 13.3. The fourth-order valence-electron chi connectivity index (χ4n) is 3.01. The van der Waals surface area contributed by atoms with Gasteiger partial charge < -0.3 is 14.2 Å². The van der Waals surface area contributed by atoms with E-state index in [1.807, 2.05) is 31.2 Å². The molecule has 1 N–H and O–H groups in total. The molecule has 1 aliphatic rings. The molecule has 1 heterocycles. The number of carbonyl (C=O) groups excluding carboxylic acids is 1. The molecular weight excluding hydrogens is 587 g/mol. The van der Waals surface area contributed by atoms with Crippen LogP contribution < -0.4 is 14.2 Å². The number of hydrogen-bond donors (Lipinski definition) is 1. The molecule has 7 nitrogen and oxygen atoms in total. The molecule has 4 rings (SSSR count). The summed E-state index contributed by atoms with van der Waals surface area (Å²) in [5.41, 5.74) is 2.33. The van der Waals surface area contributed by atoms with Crippen LogP contribution in [0.5, 0.6) is 11.5 Å². The van der Waals surface area contributed by atoms with Crippen molar-refractivity contribution in [3.05, 3.63) is 86.3 Å². The summed E-state index contributed by atoms with van der Waals surface area (Å²) >= 11 is 3.42. The van der Waals surface area contributed by atoms with Crippen molar-refractivity contribution < 1.29 is 22.1 Å². The molecule has 0 aliphatic carbocycles. The molecule has 0 spiro atoms. The SMILES string of the molecule is COc1cc(/C=C2/SC(=Nc3cccc(I)c3)NC2=O)ccc1OS(=O)(=O)c1ccc(C)cc1. The van der Waals surface area contributed by atoms with Gasteiger partial charge >= 0.3 is 10.1 Å². The molecule has 34 heavy (non-hydrogen) atoms. The molecule has 1 saturated heterocycles. The summed E-state index contributed by atoms with van der Waals surface area (Å²) in [5.74, 6) is 0.00602. The maximum absolute atomic E-state index is 12.6. The number of nitrogens with zero attached hydrogens (tertiary/aromatic N) is 1. The van der Waals surface area contributed by atoms with Crippen LogP contribution in [0.2, 0.25) is 0 Å². The van der Waals surface area contributed by atoms with Gasteiger partial charge in [0.1, 0.15) is 4.90 Å². The van der Waals surface area contributed by atoms with Crippen LogP contribution in [0.25, 0.3) is 6.08 Å². The zero-order valence-electron chi connectivity index (χ0n) is 18.1. The Morgan fingerprint density at radius 3 is 2.50 bits per heavy atom. The van der Waals surface area contributed by atoms with Gasteiger partial charge in [-0.15, -0.1) is 0 Å². The highest BCUT2D eigenvalue weighted by Crippen LogP contribution is 2.34. The number of thioether (sulfide) groups is 1. The van der Waals surface area contributed by atoms with Crippen LogP contribution in [0.1, 0.15) is 11.1 Å². The van der Waals surface area contributed by atoms with Crippen molar-refractivity contribution in [3.8, 4) is 11.5 Å². The minimum atomic E-state index is -4.03. The number of benzene rings is 3. The Labute approximate surface area is 215 Å². The molecule has 174 valence electrons. The van der Waals surface area contributed by atoms with Crippen molar-refractivity contribution in [2.24, 2.45) is 4.99 Å². The molecule has 1 fully saturated rings. The van der Waals surface area contributed by atoms with Gasteiger partial charge in [-0.25, -0.2) is 4.99 Å². The molecule has 0 radical (unpaired) electrons. The number of amides is 1. The van der Waals surface area contributed by atoms with Crippen LogP contribution in [0.4, 0.5) is 5.69 Å². The lowest BCUT2D eigenvalue weighted by molar-refractivity contribution is -0.115. The average molecular weight is 606 g/mol. The normalized spacial score (nSPS) is 16.0. The third kappa shape index (κ3) is 5.80. The standard InChI is InChI=1S/C24H19IN2O5S2/c1-15-6-9-19(10-7-15)34(29,30)32-20-11-8-16(12-21(20)31-2)13-22-23(28)27-24(33-22)26-18-5-3-4-17(25)14-18/h3-14H,1-2H3,(H,26,27,28)/b22-13+. The largest absolute Gasteiger partial charge is 0.493 e. The number of methoxy groups -OCH3 is 1. The summed E-state index contributed by atoms with van der Waals surface area (Å²) in [7, 11) is -2.61. The van der Waals surface area contributed by atoms with Crippen molar-refractivity contribution in [1.82, 2.24) is 5.32 Å². The van der Waals surface area contributed by atoms with Crippen LogP contribution in [-0.2, 0) is 14.9 Å². The second-order valence-corrected chi connectivity index (χ2v) is 11.0. The lowest BCUT2D eigenvalue weighted by Gasteiger charge is -2.11. The predicted molar refractivity (Wildman–Crippen MR) is 142 cm³/mol. The van der Waals surface area contributed by atoms with Crippen LogP contribution >= 0.6 is 34.4 Å². The molecule has 0 bridgehead atoms. The van der Waals surface area contributed by atoms with Gasteiger partial charge in [-0.2, -0.15) is 8.42 Å². The minimum Gasteiger partial charge on any atom is -0.493 e. The number of halogens is 1. The molecular formula is C24H19IN2O5S2. The molecule has 0 atom stereocenters. The van der Waals surface area contributed by atoms with Crippen LogP contribution in [0, 0.1) is 10.5 Å². The van der Waals surface area contributed by atoms with Crippen molar-refractivity contribution in [2.75, 3.05) is 7.11 Å².